The highest BCUT2D eigenvalue weighted by atomic mass is 16.5. The first-order chi connectivity index (χ1) is 6.69. The summed E-state index contributed by atoms with van der Waals surface area (Å²) in [4.78, 5) is 0. The predicted octanol–water partition coefficient (Wildman–Crippen LogP) is 1.59. The Morgan fingerprint density at radius 3 is 2.79 bits per heavy atom. The number of methoxy groups -OCH3 is 1. The molecule has 0 amide bonds. The maximum Gasteiger partial charge on any atom is 0.0905 e. The highest BCUT2D eigenvalue weighted by Gasteiger charge is 2.35. The normalized spacial score (nSPS) is 33.2. The number of hydrogen-bond acceptors (Lipinski definition) is 3. The molecule has 14 heavy (non-hydrogen) atoms. The molecular formula is C11H22O3. The zero-order valence-corrected chi connectivity index (χ0v) is 9.29. The van der Waals surface area contributed by atoms with Gasteiger partial charge in [0.15, 0.2) is 0 Å². The summed E-state index contributed by atoms with van der Waals surface area (Å²) in [5, 5.41) is 10.3. The van der Waals surface area contributed by atoms with Crippen molar-refractivity contribution in [3.05, 3.63) is 0 Å². The first-order valence-electron chi connectivity index (χ1n) is 5.48. The van der Waals surface area contributed by atoms with Crippen LogP contribution < -0.4 is 0 Å². The fourth-order valence-corrected chi connectivity index (χ4v) is 2.00. The summed E-state index contributed by atoms with van der Waals surface area (Å²) in [6.45, 7) is 3.74. The van der Waals surface area contributed by atoms with Crippen molar-refractivity contribution in [3.63, 3.8) is 0 Å². The van der Waals surface area contributed by atoms with E-state index in [9.17, 15) is 5.11 Å². The molecular weight excluding hydrogens is 180 g/mol. The number of rotatable bonds is 5. The molecule has 0 heterocycles. The molecule has 0 aliphatic heterocycles. The van der Waals surface area contributed by atoms with E-state index in [1.165, 1.54) is 6.42 Å². The summed E-state index contributed by atoms with van der Waals surface area (Å²) in [7, 11) is 1.65. The van der Waals surface area contributed by atoms with E-state index in [-0.39, 0.29) is 0 Å². The van der Waals surface area contributed by atoms with Gasteiger partial charge in [-0.25, -0.2) is 0 Å². The van der Waals surface area contributed by atoms with Crippen molar-refractivity contribution in [2.24, 2.45) is 5.92 Å². The lowest BCUT2D eigenvalue weighted by molar-refractivity contribution is -0.104. The zero-order chi connectivity index (χ0) is 10.4. The number of hydrogen-bond donors (Lipinski definition) is 1. The maximum atomic E-state index is 10.3. The van der Waals surface area contributed by atoms with E-state index in [2.05, 4.69) is 6.92 Å². The van der Waals surface area contributed by atoms with Gasteiger partial charge in [0, 0.05) is 7.11 Å². The van der Waals surface area contributed by atoms with E-state index >= 15 is 0 Å². The van der Waals surface area contributed by atoms with Crippen LogP contribution in [0.1, 0.15) is 32.6 Å². The first-order valence-corrected chi connectivity index (χ1v) is 5.48. The van der Waals surface area contributed by atoms with Gasteiger partial charge < -0.3 is 14.6 Å². The van der Waals surface area contributed by atoms with Gasteiger partial charge in [-0.15, -0.1) is 0 Å². The molecule has 1 saturated carbocycles. The van der Waals surface area contributed by atoms with Crippen LogP contribution in [0.25, 0.3) is 0 Å². The zero-order valence-electron chi connectivity index (χ0n) is 9.29. The summed E-state index contributed by atoms with van der Waals surface area (Å²) in [6, 6.07) is 0. The second kappa shape index (κ2) is 5.69. The van der Waals surface area contributed by atoms with E-state index in [1.807, 2.05) is 0 Å². The lowest BCUT2D eigenvalue weighted by Crippen LogP contribution is -2.43. The Kier molecular flexibility index (Phi) is 4.85. The third-order valence-electron chi connectivity index (χ3n) is 3.20. The molecule has 0 radical (unpaired) electrons. The summed E-state index contributed by atoms with van der Waals surface area (Å²) in [5.41, 5.74) is -0.591. The Labute approximate surface area is 86.4 Å². The van der Waals surface area contributed by atoms with Crippen molar-refractivity contribution in [2.45, 2.75) is 38.2 Å². The smallest absolute Gasteiger partial charge is 0.0905 e. The van der Waals surface area contributed by atoms with Crippen molar-refractivity contribution in [1.82, 2.24) is 0 Å². The van der Waals surface area contributed by atoms with Crippen LogP contribution in [0.5, 0.6) is 0 Å². The van der Waals surface area contributed by atoms with E-state index in [0.717, 1.165) is 19.3 Å². The van der Waals surface area contributed by atoms with Crippen molar-refractivity contribution in [3.8, 4) is 0 Å². The van der Waals surface area contributed by atoms with Crippen molar-refractivity contribution < 1.29 is 14.6 Å². The molecule has 0 saturated heterocycles. The molecule has 2 atom stereocenters. The summed E-state index contributed by atoms with van der Waals surface area (Å²) < 4.78 is 10.3. The lowest BCUT2D eigenvalue weighted by Gasteiger charge is -2.37. The van der Waals surface area contributed by atoms with Gasteiger partial charge in [0.25, 0.3) is 0 Å². The molecule has 1 aliphatic rings. The van der Waals surface area contributed by atoms with Crippen molar-refractivity contribution in [1.29, 1.82) is 0 Å². The Balaban J connectivity index is 2.25. The van der Waals surface area contributed by atoms with Crippen molar-refractivity contribution >= 4 is 0 Å². The first kappa shape index (κ1) is 12.0. The minimum atomic E-state index is -0.591. The molecule has 3 nitrogen and oxygen atoms in total. The fourth-order valence-electron chi connectivity index (χ4n) is 2.00. The van der Waals surface area contributed by atoms with E-state index in [0.29, 0.717) is 25.7 Å². The third kappa shape index (κ3) is 3.23. The van der Waals surface area contributed by atoms with Crippen LogP contribution in [0.15, 0.2) is 0 Å². The second-order valence-electron chi connectivity index (χ2n) is 4.30. The van der Waals surface area contributed by atoms with E-state index < -0.39 is 5.60 Å². The Bertz CT molecular complexity index is 161. The molecule has 1 fully saturated rings. The van der Waals surface area contributed by atoms with Gasteiger partial charge in [-0.1, -0.05) is 19.8 Å². The molecule has 0 bridgehead atoms. The summed E-state index contributed by atoms with van der Waals surface area (Å²) in [5.74, 6) is 0.360. The molecule has 1 N–H and O–H groups in total. The molecule has 0 aromatic carbocycles. The number of aliphatic hydroxyl groups is 1. The summed E-state index contributed by atoms with van der Waals surface area (Å²) >= 11 is 0. The highest BCUT2D eigenvalue weighted by Crippen LogP contribution is 2.33. The topological polar surface area (TPSA) is 38.7 Å². The van der Waals surface area contributed by atoms with Crippen LogP contribution in [-0.4, -0.2) is 37.6 Å². The molecule has 2 unspecified atom stereocenters. The molecule has 84 valence electrons. The van der Waals surface area contributed by atoms with E-state index in [1.54, 1.807) is 7.11 Å². The van der Waals surface area contributed by atoms with Gasteiger partial charge in [-0.2, -0.15) is 0 Å². The standard InChI is InChI=1S/C11H22O3/c1-10-5-3-4-6-11(10,12)9-14-8-7-13-2/h10,12H,3-9H2,1-2H3. The maximum absolute atomic E-state index is 10.3. The van der Waals surface area contributed by atoms with Crippen LogP contribution in [0.3, 0.4) is 0 Å². The van der Waals surface area contributed by atoms with Crippen LogP contribution in [0, 0.1) is 5.92 Å². The van der Waals surface area contributed by atoms with Gasteiger partial charge in [0.05, 0.1) is 25.4 Å². The van der Waals surface area contributed by atoms with Crippen LogP contribution >= 0.6 is 0 Å². The Morgan fingerprint density at radius 2 is 2.14 bits per heavy atom. The lowest BCUT2D eigenvalue weighted by atomic mass is 9.77. The summed E-state index contributed by atoms with van der Waals surface area (Å²) in [6.07, 6.45) is 4.35. The Morgan fingerprint density at radius 1 is 1.36 bits per heavy atom. The van der Waals surface area contributed by atoms with Gasteiger partial charge in [0.2, 0.25) is 0 Å². The SMILES string of the molecule is COCCOCC1(O)CCCCC1C. The third-order valence-corrected chi connectivity index (χ3v) is 3.20. The molecule has 0 spiro atoms. The minimum absolute atomic E-state index is 0.360. The van der Waals surface area contributed by atoms with Gasteiger partial charge >= 0.3 is 0 Å². The van der Waals surface area contributed by atoms with Gasteiger partial charge in [-0.3, -0.25) is 0 Å². The molecule has 1 aliphatic carbocycles. The fraction of sp³-hybridized carbons (Fsp3) is 1.00. The van der Waals surface area contributed by atoms with Crippen LogP contribution in [-0.2, 0) is 9.47 Å². The van der Waals surface area contributed by atoms with Crippen LogP contribution in [0.4, 0.5) is 0 Å². The Hall–Kier alpha value is -0.120. The van der Waals surface area contributed by atoms with Crippen LogP contribution in [0.2, 0.25) is 0 Å². The highest BCUT2D eigenvalue weighted by molar-refractivity contribution is 4.87. The number of ether oxygens (including phenoxy) is 2. The average Bonchev–Trinajstić information content (AvgIpc) is 2.18. The molecule has 0 aromatic rings. The van der Waals surface area contributed by atoms with E-state index in [4.69, 9.17) is 9.47 Å². The monoisotopic (exact) mass is 202 g/mol. The molecule has 3 heteroatoms. The minimum Gasteiger partial charge on any atom is -0.387 e. The molecule has 1 rings (SSSR count). The van der Waals surface area contributed by atoms with Gasteiger partial charge in [0.1, 0.15) is 0 Å². The second-order valence-corrected chi connectivity index (χ2v) is 4.30. The van der Waals surface area contributed by atoms with Gasteiger partial charge in [-0.05, 0) is 18.8 Å². The average molecular weight is 202 g/mol. The predicted molar refractivity (Wildman–Crippen MR) is 55.3 cm³/mol. The molecule has 0 aromatic heterocycles. The van der Waals surface area contributed by atoms with Crippen molar-refractivity contribution in [2.75, 3.05) is 26.9 Å². The quantitative estimate of drug-likeness (QED) is 0.688. The largest absolute Gasteiger partial charge is 0.387 e.